The summed E-state index contributed by atoms with van der Waals surface area (Å²) < 4.78 is 61.7. The van der Waals surface area contributed by atoms with Gasteiger partial charge in [0.1, 0.15) is 11.9 Å². The van der Waals surface area contributed by atoms with Crippen LogP contribution in [0.5, 0.6) is 0 Å². The van der Waals surface area contributed by atoms with Crippen molar-refractivity contribution in [3.05, 3.63) is 70.5 Å². The third-order valence-corrected chi connectivity index (χ3v) is 9.33. The molecule has 1 aromatic carbocycles. The van der Waals surface area contributed by atoms with E-state index in [9.17, 15) is 22.8 Å². The van der Waals surface area contributed by atoms with E-state index in [1.165, 1.54) is 23.2 Å². The van der Waals surface area contributed by atoms with Crippen LogP contribution in [0.2, 0.25) is 0 Å². The quantitative estimate of drug-likeness (QED) is 0.262. The highest BCUT2D eigenvalue weighted by atomic mass is 32.1. The van der Waals surface area contributed by atoms with Crippen molar-refractivity contribution in [1.29, 1.82) is 0 Å². The molecule has 0 saturated heterocycles. The molecule has 3 aliphatic rings. The van der Waals surface area contributed by atoms with Crippen molar-refractivity contribution in [2.24, 2.45) is 10.8 Å². The van der Waals surface area contributed by atoms with Crippen LogP contribution in [0.4, 0.5) is 17.6 Å². The van der Waals surface area contributed by atoms with Gasteiger partial charge in [-0.15, -0.1) is 0 Å². The van der Waals surface area contributed by atoms with Crippen LogP contribution in [0.25, 0.3) is 0 Å². The second-order valence-electron chi connectivity index (χ2n) is 11.8. The lowest BCUT2D eigenvalue weighted by Gasteiger charge is -2.70. The highest BCUT2D eigenvalue weighted by Crippen LogP contribution is 2.77. The predicted octanol–water partition coefficient (Wildman–Crippen LogP) is 6.01. The topological polar surface area (TPSA) is 80.1 Å². The summed E-state index contributed by atoms with van der Waals surface area (Å²) in [5.41, 5.74) is -0.929. The third-order valence-electron chi connectivity index (χ3n) is 8.42. The highest BCUT2D eigenvalue weighted by Gasteiger charge is 2.72. The Balaban J connectivity index is 1.45. The zero-order valence-corrected chi connectivity index (χ0v) is 23.9. The monoisotopic (exact) mass is 591 g/mol. The average molecular weight is 592 g/mol. The zero-order valence-electron chi connectivity index (χ0n) is 23.1. The summed E-state index contributed by atoms with van der Waals surface area (Å²) >= 11 is 1.16. The van der Waals surface area contributed by atoms with E-state index >= 15 is 4.39 Å². The van der Waals surface area contributed by atoms with Crippen LogP contribution in [0.1, 0.15) is 80.6 Å². The van der Waals surface area contributed by atoms with Crippen LogP contribution in [0.3, 0.4) is 0 Å². The van der Waals surface area contributed by atoms with Crippen LogP contribution in [-0.4, -0.2) is 43.8 Å². The molecule has 7 nitrogen and oxygen atoms in total. The van der Waals surface area contributed by atoms with Gasteiger partial charge in [-0.1, -0.05) is 12.1 Å². The van der Waals surface area contributed by atoms with Crippen LogP contribution in [-0.2, 0) is 16.0 Å². The second-order valence-corrected chi connectivity index (χ2v) is 12.6. The van der Waals surface area contributed by atoms with Gasteiger partial charge in [-0.05, 0) is 87.2 Å². The Morgan fingerprint density at radius 1 is 1.15 bits per heavy atom. The summed E-state index contributed by atoms with van der Waals surface area (Å²) in [4.78, 5) is 29.9. The zero-order chi connectivity index (χ0) is 29.5. The summed E-state index contributed by atoms with van der Waals surface area (Å²) in [6, 6.07) is 5.36. The number of carbonyl (C=O) groups excluding carboxylic acids is 2. The van der Waals surface area contributed by atoms with E-state index in [1.54, 1.807) is 45.2 Å². The number of alkyl halides is 2. The maximum Gasteiger partial charge on any atom is 0.247 e. The second kappa shape index (κ2) is 11.2. The van der Waals surface area contributed by atoms with E-state index in [0.29, 0.717) is 16.9 Å². The molecule has 2 heterocycles. The van der Waals surface area contributed by atoms with Gasteiger partial charge in [-0.25, -0.2) is 22.2 Å². The van der Waals surface area contributed by atoms with Crippen LogP contribution in [0, 0.1) is 22.6 Å². The van der Waals surface area contributed by atoms with Gasteiger partial charge in [-0.2, -0.15) is 9.49 Å². The number of nitrogens with one attached hydrogen (secondary N) is 1. The first-order chi connectivity index (χ1) is 19.5. The molecule has 2 unspecified atom stereocenters. The summed E-state index contributed by atoms with van der Waals surface area (Å²) in [6.45, 7) is 5.36. The fraction of sp³-hybridized carbons (Fsp3) is 0.517. The van der Waals surface area contributed by atoms with Gasteiger partial charge in [0.05, 0.1) is 17.8 Å². The molecular weight excluding hydrogens is 558 g/mol. The average Bonchev–Trinajstić information content (AvgIpc) is 3.53. The lowest BCUT2D eigenvalue weighted by atomic mass is 9.34. The fourth-order valence-electron chi connectivity index (χ4n) is 6.52. The number of rotatable bonds is 12. The normalized spacial score (nSPS) is 22.7. The van der Waals surface area contributed by atoms with Crippen molar-refractivity contribution in [3.8, 4) is 0 Å². The van der Waals surface area contributed by atoms with E-state index in [0.717, 1.165) is 16.2 Å². The first-order valence-corrected chi connectivity index (χ1v) is 14.5. The number of aromatic nitrogens is 3. The standard InChI is InChI=1S/C29H33F4N5O2S/c1-17(2)38-25(31)21(13-35-38)24(26(40)34-9-7-19-5-4-6-20(30)11-19)37(18(3)22-8-10-36-41-22)23(39)12-28-14-29(15-28,16-28)27(32)33/h4-6,8,10-11,13,17-18,24,27H,7,9,12,14-16H2,1-3H3,(H,34,40). The third kappa shape index (κ3) is 5.50. The Morgan fingerprint density at radius 2 is 1.88 bits per heavy atom. The minimum atomic E-state index is -2.43. The first kappa shape index (κ1) is 29.2. The molecule has 2 bridgehead atoms. The van der Waals surface area contributed by atoms with E-state index in [1.807, 2.05) is 0 Å². The minimum Gasteiger partial charge on any atom is -0.354 e. The number of nitrogens with zero attached hydrogens (tertiary/aromatic N) is 4. The Kier molecular flexibility index (Phi) is 7.97. The van der Waals surface area contributed by atoms with Gasteiger partial charge in [0, 0.05) is 35.5 Å². The molecule has 0 radical (unpaired) electrons. The largest absolute Gasteiger partial charge is 0.354 e. The molecule has 2 atom stereocenters. The van der Waals surface area contributed by atoms with Crippen molar-refractivity contribution >= 4 is 23.3 Å². The highest BCUT2D eigenvalue weighted by molar-refractivity contribution is 7.05. The molecule has 1 N–H and O–H groups in total. The van der Waals surface area contributed by atoms with Crippen LogP contribution < -0.4 is 5.32 Å². The summed E-state index contributed by atoms with van der Waals surface area (Å²) in [7, 11) is 0. The van der Waals surface area contributed by atoms with Gasteiger partial charge >= 0.3 is 0 Å². The smallest absolute Gasteiger partial charge is 0.247 e. The minimum absolute atomic E-state index is 0.0162. The molecule has 2 aromatic heterocycles. The van der Waals surface area contributed by atoms with Crippen LogP contribution >= 0.6 is 11.5 Å². The molecule has 3 aliphatic carbocycles. The molecule has 41 heavy (non-hydrogen) atoms. The Labute approximate surface area is 240 Å². The van der Waals surface area contributed by atoms with E-state index in [2.05, 4.69) is 14.8 Å². The Morgan fingerprint density at radius 3 is 2.46 bits per heavy atom. The molecule has 0 spiro atoms. The van der Waals surface area contributed by atoms with Gasteiger partial charge < -0.3 is 10.2 Å². The number of halogens is 4. The Hall–Kier alpha value is -3.28. The summed E-state index contributed by atoms with van der Waals surface area (Å²) in [5, 5.41) is 6.95. The molecule has 6 rings (SSSR count). The van der Waals surface area contributed by atoms with E-state index in [4.69, 9.17) is 0 Å². The molecule has 3 saturated carbocycles. The molecule has 220 valence electrons. The van der Waals surface area contributed by atoms with Gasteiger partial charge in [0.25, 0.3) is 0 Å². The van der Waals surface area contributed by atoms with Gasteiger partial charge in [-0.3, -0.25) is 9.59 Å². The van der Waals surface area contributed by atoms with Crippen molar-refractivity contribution in [1.82, 2.24) is 24.4 Å². The Bertz CT molecular complexity index is 1390. The van der Waals surface area contributed by atoms with Crippen molar-refractivity contribution < 1.29 is 27.2 Å². The van der Waals surface area contributed by atoms with Crippen molar-refractivity contribution in [3.63, 3.8) is 0 Å². The molecule has 3 aromatic rings. The lowest BCUT2D eigenvalue weighted by Crippen LogP contribution is -2.66. The van der Waals surface area contributed by atoms with E-state index in [-0.39, 0.29) is 43.8 Å². The van der Waals surface area contributed by atoms with Crippen molar-refractivity contribution in [2.45, 2.75) is 77.4 Å². The molecular formula is C29H33F4N5O2S. The van der Waals surface area contributed by atoms with E-state index < -0.39 is 52.9 Å². The fourth-order valence-corrected chi connectivity index (χ4v) is 7.15. The van der Waals surface area contributed by atoms with Gasteiger partial charge in [0.15, 0.2) is 0 Å². The maximum absolute atomic E-state index is 15.8. The number of amides is 2. The number of hydrogen-bond acceptors (Lipinski definition) is 5. The number of benzene rings is 1. The SMILES string of the molecule is CC(c1ccns1)N(C(=O)CC12CC(C(F)F)(C1)C2)C(C(=O)NCCc1cccc(F)c1)c1cnn(C(C)C)c1F. The first-order valence-electron chi connectivity index (χ1n) is 13.7. The summed E-state index contributed by atoms with van der Waals surface area (Å²) in [5.74, 6) is -2.17. The van der Waals surface area contributed by atoms with Crippen molar-refractivity contribution in [2.75, 3.05) is 6.54 Å². The lowest BCUT2D eigenvalue weighted by molar-refractivity contribution is -0.268. The van der Waals surface area contributed by atoms with Crippen LogP contribution in [0.15, 0.2) is 42.7 Å². The molecule has 3 fully saturated rings. The molecule has 12 heteroatoms. The maximum atomic E-state index is 15.8. The number of carbonyl (C=O) groups is 2. The summed E-state index contributed by atoms with van der Waals surface area (Å²) in [6.07, 6.45) is 1.50. The molecule has 2 amide bonds. The number of hydrogen-bond donors (Lipinski definition) is 1. The van der Waals surface area contributed by atoms with Gasteiger partial charge in [0.2, 0.25) is 24.2 Å². The molecule has 0 aliphatic heterocycles. The predicted molar refractivity (Wildman–Crippen MR) is 145 cm³/mol.